The van der Waals surface area contributed by atoms with Gasteiger partial charge in [-0.05, 0) is 18.6 Å². The van der Waals surface area contributed by atoms with E-state index in [9.17, 15) is 4.79 Å². The fourth-order valence-electron chi connectivity index (χ4n) is 1.13. The molecular weight excluding hydrogens is 186 g/mol. The first kappa shape index (κ1) is 8.04. The van der Waals surface area contributed by atoms with Gasteiger partial charge < -0.3 is 0 Å². The zero-order valence-electron chi connectivity index (χ0n) is 6.81. The normalized spacial score (nSPS) is 9.92. The molecule has 0 amide bonds. The van der Waals surface area contributed by atoms with Crippen molar-refractivity contribution in [1.29, 1.82) is 0 Å². The lowest BCUT2D eigenvalue weighted by Crippen LogP contribution is -1.77. The van der Waals surface area contributed by atoms with Crippen LogP contribution in [0.3, 0.4) is 0 Å². The van der Waals surface area contributed by atoms with Gasteiger partial charge in [-0.1, -0.05) is 6.07 Å². The summed E-state index contributed by atoms with van der Waals surface area (Å²) in [4.78, 5) is 13.8. The van der Waals surface area contributed by atoms with Gasteiger partial charge in [0.1, 0.15) is 16.7 Å². The Morgan fingerprint density at radius 1 is 1.46 bits per heavy atom. The number of aromatic nitrogens is 2. The third-order valence-corrected chi connectivity index (χ3v) is 2.30. The zero-order valence-corrected chi connectivity index (χ0v) is 7.63. The van der Waals surface area contributed by atoms with Gasteiger partial charge in [-0.15, -0.1) is 0 Å². The largest absolute Gasteiger partial charge is 0.240 e. The summed E-state index contributed by atoms with van der Waals surface area (Å²) in [5.41, 5.74) is 2.92. The smallest absolute Gasteiger partial charge is 0.211 e. The molecule has 0 bridgehead atoms. The molecule has 0 aliphatic carbocycles. The molecule has 0 atom stereocenters. The summed E-state index contributed by atoms with van der Waals surface area (Å²) < 4.78 is 8.10. The zero-order chi connectivity index (χ0) is 9.26. The van der Waals surface area contributed by atoms with Crippen LogP contribution < -0.4 is 0 Å². The number of hydrogen-bond donors (Lipinski definition) is 0. The lowest BCUT2D eigenvalue weighted by atomic mass is 10.2. The quantitative estimate of drug-likeness (QED) is 0.511. The molecule has 1 aromatic carbocycles. The molecule has 0 fully saturated rings. The average molecular weight is 191 g/mol. The molecule has 0 saturated carbocycles. The molecule has 0 saturated heterocycles. The van der Waals surface area contributed by atoms with E-state index in [1.807, 2.05) is 19.1 Å². The van der Waals surface area contributed by atoms with Gasteiger partial charge in [0, 0.05) is 0 Å². The van der Waals surface area contributed by atoms with Gasteiger partial charge in [-0.3, -0.25) is 0 Å². The van der Waals surface area contributed by atoms with E-state index in [-0.39, 0.29) is 0 Å². The van der Waals surface area contributed by atoms with Gasteiger partial charge in [0.2, 0.25) is 6.08 Å². The number of aryl methyl sites for hydroxylation is 1. The van der Waals surface area contributed by atoms with Gasteiger partial charge in [0.25, 0.3) is 0 Å². The predicted octanol–water partition coefficient (Wildman–Crippen LogP) is 1.97. The highest BCUT2D eigenvalue weighted by atomic mass is 32.1. The maximum atomic E-state index is 10.2. The van der Waals surface area contributed by atoms with Crippen LogP contribution in [0.25, 0.3) is 11.0 Å². The van der Waals surface area contributed by atoms with E-state index in [0.717, 1.165) is 22.8 Å². The number of isocyanates is 1. The number of aliphatic imine (C=N–C) groups is 1. The molecule has 2 rings (SSSR count). The molecule has 0 aliphatic heterocycles. The minimum Gasteiger partial charge on any atom is -0.211 e. The molecule has 0 unspecified atom stereocenters. The van der Waals surface area contributed by atoms with Crippen molar-refractivity contribution in [3.63, 3.8) is 0 Å². The van der Waals surface area contributed by atoms with E-state index in [4.69, 9.17) is 0 Å². The number of fused-ring (bicyclic) bond motifs is 1. The second kappa shape index (κ2) is 3.05. The first-order chi connectivity index (χ1) is 6.33. The van der Waals surface area contributed by atoms with E-state index in [2.05, 4.69) is 13.7 Å². The molecule has 0 N–H and O–H groups in total. The molecule has 1 aromatic heterocycles. The second-order valence-corrected chi connectivity index (χ2v) is 3.09. The molecular formula is C8H5N3OS. The van der Waals surface area contributed by atoms with Crippen molar-refractivity contribution in [2.75, 3.05) is 0 Å². The highest BCUT2D eigenvalue weighted by Gasteiger charge is 2.06. The van der Waals surface area contributed by atoms with Crippen LogP contribution >= 0.6 is 11.7 Å². The fraction of sp³-hybridized carbons (Fsp3) is 0.125. The van der Waals surface area contributed by atoms with Gasteiger partial charge in [-0.25, -0.2) is 4.79 Å². The van der Waals surface area contributed by atoms with Crippen molar-refractivity contribution in [3.8, 4) is 0 Å². The molecule has 64 valence electrons. The molecule has 13 heavy (non-hydrogen) atoms. The Morgan fingerprint density at radius 2 is 2.31 bits per heavy atom. The van der Waals surface area contributed by atoms with Gasteiger partial charge in [0.05, 0.1) is 11.7 Å². The number of carbonyl (C=O) groups excluding carboxylic acids is 1. The molecule has 1 heterocycles. The Labute approximate surface area is 78.3 Å². The first-order valence-electron chi connectivity index (χ1n) is 3.62. The van der Waals surface area contributed by atoms with Gasteiger partial charge in [0.15, 0.2) is 0 Å². The minimum atomic E-state index is 0.571. The predicted molar refractivity (Wildman–Crippen MR) is 49.9 cm³/mol. The monoisotopic (exact) mass is 191 g/mol. The summed E-state index contributed by atoms with van der Waals surface area (Å²) >= 11 is 1.11. The average Bonchev–Trinajstić information content (AvgIpc) is 2.58. The number of hydrogen-bond acceptors (Lipinski definition) is 5. The third-order valence-electron chi connectivity index (χ3n) is 1.76. The molecule has 2 aromatic rings. The lowest BCUT2D eigenvalue weighted by molar-refractivity contribution is 0.565. The van der Waals surface area contributed by atoms with Crippen molar-refractivity contribution >= 4 is 34.5 Å². The summed E-state index contributed by atoms with van der Waals surface area (Å²) in [6.07, 6.45) is 1.52. The molecule has 5 heteroatoms. The third kappa shape index (κ3) is 1.24. The minimum absolute atomic E-state index is 0.571. The van der Waals surface area contributed by atoms with Crippen LogP contribution in [-0.2, 0) is 4.79 Å². The van der Waals surface area contributed by atoms with Crippen molar-refractivity contribution < 1.29 is 4.79 Å². The molecule has 0 aliphatic rings. The van der Waals surface area contributed by atoms with E-state index in [0.29, 0.717) is 11.2 Å². The van der Waals surface area contributed by atoms with Crippen LogP contribution in [0, 0.1) is 6.92 Å². The van der Waals surface area contributed by atoms with Crippen LogP contribution in [0.15, 0.2) is 17.1 Å². The highest BCUT2D eigenvalue weighted by molar-refractivity contribution is 7.00. The summed E-state index contributed by atoms with van der Waals surface area (Å²) in [5, 5.41) is 0. The molecule has 0 radical (unpaired) electrons. The van der Waals surface area contributed by atoms with Crippen molar-refractivity contribution in [3.05, 3.63) is 17.7 Å². The molecule has 4 nitrogen and oxygen atoms in total. The Kier molecular flexibility index (Phi) is 1.88. The van der Waals surface area contributed by atoms with Crippen molar-refractivity contribution in [2.24, 2.45) is 4.99 Å². The Hall–Kier alpha value is -1.58. The fourth-order valence-corrected chi connectivity index (χ4v) is 1.66. The van der Waals surface area contributed by atoms with E-state index >= 15 is 0 Å². The van der Waals surface area contributed by atoms with Crippen LogP contribution in [0.4, 0.5) is 5.69 Å². The Balaban J connectivity index is 2.87. The van der Waals surface area contributed by atoms with Crippen molar-refractivity contribution in [1.82, 2.24) is 8.75 Å². The lowest BCUT2D eigenvalue weighted by Gasteiger charge is -1.96. The standard InChI is InChI=1S/C8H5N3OS/c1-5-2-3-6-8(11-13-10-6)7(5)9-4-12/h2-3H,1H3. The summed E-state index contributed by atoms with van der Waals surface area (Å²) in [5.74, 6) is 0. The van der Waals surface area contributed by atoms with Crippen molar-refractivity contribution in [2.45, 2.75) is 6.92 Å². The topological polar surface area (TPSA) is 55.2 Å². The second-order valence-electron chi connectivity index (χ2n) is 2.57. The maximum Gasteiger partial charge on any atom is 0.240 e. The van der Waals surface area contributed by atoms with E-state index in [1.165, 1.54) is 6.08 Å². The Morgan fingerprint density at radius 3 is 3.08 bits per heavy atom. The van der Waals surface area contributed by atoms with Crippen LogP contribution in [0.5, 0.6) is 0 Å². The van der Waals surface area contributed by atoms with Crippen LogP contribution in [0.2, 0.25) is 0 Å². The number of rotatable bonds is 1. The van der Waals surface area contributed by atoms with E-state index in [1.54, 1.807) is 0 Å². The SMILES string of the molecule is Cc1ccc2nsnc2c1N=C=O. The summed E-state index contributed by atoms with van der Waals surface area (Å²) in [6, 6.07) is 3.72. The first-order valence-corrected chi connectivity index (χ1v) is 4.35. The molecule has 0 spiro atoms. The highest BCUT2D eigenvalue weighted by Crippen LogP contribution is 2.27. The Bertz CT molecular complexity index is 499. The van der Waals surface area contributed by atoms with E-state index < -0.39 is 0 Å². The van der Waals surface area contributed by atoms with Crippen LogP contribution in [0.1, 0.15) is 5.56 Å². The summed E-state index contributed by atoms with van der Waals surface area (Å²) in [7, 11) is 0. The van der Waals surface area contributed by atoms with Gasteiger partial charge in [-0.2, -0.15) is 13.7 Å². The number of benzene rings is 1. The van der Waals surface area contributed by atoms with Crippen LogP contribution in [-0.4, -0.2) is 14.8 Å². The summed E-state index contributed by atoms with van der Waals surface area (Å²) in [6.45, 7) is 1.87. The number of nitrogens with zero attached hydrogens (tertiary/aromatic N) is 3. The van der Waals surface area contributed by atoms with Gasteiger partial charge >= 0.3 is 0 Å². The maximum absolute atomic E-state index is 10.2.